The lowest BCUT2D eigenvalue weighted by atomic mass is 9.90. The van der Waals surface area contributed by atoms with Gasteiger partial charge in [0.2, 0.25) is 0 Å². The Hall–Kier alpha value is -1.63. The normalized spacial score (nSPS) is 16.3. The number of ether oxygens (including phenoxy) is 1. The number of anilines is 1. The van der Waals surface area contributed by atoms with Gasteiger partial charge in [0.05, 0.1) is 25.6 Å². The summed E-state index contributed by atoms with van der Waals surface area (Å²) in [4.78, 5) is 22.4. The number of nitrogens with zero attached hydrogens (tertiary/aromatic N) is 4. The highest BCUT2D eigenvalue weighted by atomic mass is 32.2. The molecule has 1 unspecified atom stereocenters. The first-order valence-electron chi connectivity index (χ1n) is 15.5. The van der Waals surface area contributed by atoms with Crippen LogP contribution in [0, 0.1) is 17.8 Å². The molecule has 2 atom stereocenters. The predicted molar refractivity (Wildman–Crippen MR) is 169 cm³/mol. The molecule has 3 N–H and O–H groups in total. The van der Waals surface area contributed by atoms with Crippen molar-refractivity contribution in [1.29, 1.82) is 0 Å². The summed E-state index contributed by atoms with van der Waals surface area (Å²) in [6.45, 7) is 2.48. The molecule has 0 amide bonds. The first kappa shape index (κ1) is 33.9. The average molecular weight is 608 g/mol. The van der Waals surface area contributed by atoms with Crippen LogP contribution < -0.4 is 5.73 Å². The van der Waals surface area contributed by atoms with Gasteiger partial charge in [0, 0.05) is 18.1 Å². The maximum atomic E-state index is 12.3. The van der Waals surface area contributed by atoms with Crippen molar-refractivity contribution >= 4 is 36.3 Å². The van der Waals surface area contributed by atoms with E-state index in [1.165, 1.54) is 96.2 Å². The molecule has 11 heteroatoms. The number of aromatic nitrogens is 4. The number of nitrogens with two attached hydrogens (primary N) is 1. The van der Waals surface area contributed by atoms with Crippen LogP contribution in [0.2, 0.25) is 0 Å². The topological polar surface area (TPSA) is 125 Å². The third-order valence-corrected chi connectivity index (χ3v) is 9.52. The Morgan fingerprint density at radius 2 is 1.76 bits per heavy atom. The van der Waals surface area contributed by atoms with E-state index in [9.17, 15) is 9.46 Å². The van der Waals surface area contributed by atoms with Crippen molar-refractivity contribution in [2.24, 2.45) is 5.92 Å². The van der Waals surface area contributed by atoms with Gasteiger partial charge in [0.1, 0.15) is 18.2 Å². The van der Waals surface area contributed by atoms with E-state index in [4.69, 9.17) is 15.0 Å². The molecule has 0 aromatic carbocycles. The van der Waals surface area contributed by atoms with Crippen LogP contribution in [0.15, 0.2) is 12.7 Å². The fraction of sp³-hybridized carbons (Fsp3) is 0.767. The highest BCUT2D eigenvalue weighted by molar-refractivity contribution is 7.99. The number of unbranched alkanes of at least 4 members (excludes halogenated alkanes) is 9. The molecule has 0 aliphatic heterocycles. The van der Waals surface area contributed by atoms with Gasteiger partial charge in [-0.05, 0) is 38.4 Å². The summed E-state index contributed by atoms with van der Waals surface area (Å²) >= 11 is 1.77. The molecule has 1 fully saturated rings. The number of thioether (sulfide) groups is 1. The summed E-state index contributed by atoms with van der Waals surface area (Å²) in [6, 6.07) is 0. The molecule has 0 bridgehead atoms. The highest BCUT2D eigenvalue weighted by Gasteiger charge is 2.21. The number of hydrogen-bond donors (Lipinski definition) is 2. The molecule has 41 heavy (non-hydrogen) atoms. The molecule has 1 saturated carbocycles. The van der Waals surface area contributed by atoms with Gasteiger partial charge in [0.15, 0.2) is 11.5 Å². The zero-order valence-electron chi connectivity index (χ0n) is 24.8. The number of hydrogen-bond acceptors (Lipinski definition) is 8. The van der Waals surface area contributed by atoms with Crippen LogP contribution in [0.25, 0.3) is 11.2 Å². The molecule has 2 aromatic heterocycles. The van der Waals surface area contributed by atoms with Crippen molar-refractivity contribution in [1.82, 2.24) is 19.5 Å². The molecule has 0 spiro atoms. The van der Waals surface area contributed by atoms with Gasteiger partial charge in [-0.25, -0.2) is 15.0 Å². The Bertz CT molecular complexity index is 1120. The Morgan fingerprint density at radius 1 is 1.05 bits per heavy atom. The van der Waals surface area contributed by atoms with E-state index in [-0.39, 0.29) is 19.1 Å². The van der Waals surface area contributed by atoms with Gasteiger partial charge >= 0.3 is 7.60 Å². The zero-order valence-corrected chi connectivity index (χ0v) is 26.6. The van der Waals surface area contributed by atoms with E-state index in [0.717, 1.165) is 12.2 Å². The van der Waals surface area contributed by atoms with Gasteiger partial charge in [-0.15, -0.1) is 5.92 Å². The maximum absolute atomic E-state index is 12.3. The van der Waals surface area contributed by atoms with Gasteiger partial charge in [-0.3, -0.25) is 4.57 Å². The fourth-order valence-electron chi connectivity index (χ4n) is 5.08. The lowest BCUT2D eigenvalue weighted by molar-refractivity contribution is 0.0724. The summed E-state index contributed by atoms with van der Waals surface area (Å²) in [5.41, 5.74) is 6.95. The SMILES string of the molecule is C[C@H](Cn1cnc2c(N)ncnc21)OCP(=O)(O)OCCSCCCCCCCCCCCC#CC1CCCCC1. The Balaban J connectivity index is 1.09. The molecule has 1 aliphatic rings. The Morgan fingerprint density at radius 3 is 2.51 bits per heavy atom. The lowest BCUT2D eigenvalue weighted by Crippen LogP contribution is -2.17. The summed E-state index contributed by atoms with van der Waals surface area (Å²) in [7, 11) is -3.80. The average Bonchev–Trinajstić information content (AvgIpc) is 3.38. The van der Waals surface area contributed by atoms with Gasteiger partial charge < -0.3 is 24.5 Å². The molecule has 9 nitrogen and oxygen atoms in total. The second-order valence-electron chi connectivity index (χ2n) is 11.1. The van der Waals surface area contributed by atoms with E-state index in [2.05, 4.69) is 26.8 Å². The minimum atomic E-state index is -3.80. The smallest absolute Gasteiger partial charge is 0.353 e. The molecule has 230 valence electrons. The van der Waals surface area contributed by atoms with E-state index < -0.39 is 7.60 Å². The highest BCUT2D eigenvalue weighted by Crippen LogP contribution is 2.42. The van der Waals surface area contributed by atoms with E-state index in [0.29, 0.717) is 35.2 Å². The molecule has 2 heterocycles. The van der Waals surface area contributed by atoms with Gasteiger partial charge in [-0.2, -0.15) is 11.8 Å². The van der Waals surface area contributed by atoms with Crippen LogP contribution in [-0.2, 0) is 20.4 Å². The van der Waals surface area contributed by atoms with Gasteiger partial charge in [0.25, 0.3) is 0 Å². The second kappa shape index (κ2) is 19.5. The fourth-order valence-corrected chi connectivity index (χ4v) is 6.91. The summed E-state index contributed by atoms with van der Waals surface area (Å²) in [6.07, 6.45) is 21.8. The first-order valence-corrected chi connectivity index (χ1v) is 18.4. The minimum absolute atomic E-state index is 0.241. The zero-order chi connectivity index (χ0) is 29.2. The van der Waals surface area contributed by atoms with Crippen LogP contribution in [0.5, 0.6) is 0 Å². The van der Waals surface area contributed by atoms with Crippen LogP contribution >= 0.6 is 19.4 Å². The number of imidazole rings is 1. The van der Waals surface area contributed by atoms with Crippen molar-refractivity contribution in [3.05, 3.63) is 12.7 Å². The lowest BCUT2D eigenvalue weighted by Gasteiger charge is -2.17. The largest absolute Gasteiger partial charge is 0.382 e. The molecule has 0 saturated heterocycles. The van der Waals surface area contributed by atoms with Crippen LogP contribution in [0.1, 0.15) is 103 Å². The van der Waals surface area contributed by atoms with Crippen molar-refractivity contribution < 1.29 is 18.7 Å². The maximum Gasteiger partial charge on any atom is 0.353 e. The molecular formula is C30H50N5O4PS. The van der Waals surface area contributed by atoms with Crippen molar-refractivity contribution in [3.8, 4) is 11.8 Å². The number of nitrogen functional groups attached to an aromatic ring is 1. The van der Waals surface area contributed by atoms with Crippen LogP contribution in [-0.4, -0.2) is 55.0 Å². The van der Waals surface area contributed by atoms with E-state index in [1.54, 1.807) is 22.7 Å². The molecular weight excluding hydrogens is 557 g/mol. The Labute approximate surface area is 250 Å². The molecule has 3 rings (SSSR count). The predicted octanol–water partition coefficient (Wildman–Crippen LogP) is 7.19. The number of rotatable bonds is 20. The van der Waals surface area contributed by atoms with E-state index in [1.807, 2.05) is 6.92 Å². The summed E-state index contributed by atoms with van der Waals surface area (Å²) < 4.78 is 24.9. The summed E-state index contributed by atoms with van der Waals surface area (Å²) in [5.74, 6) is 9.69. The van der Waals surface area contributed by atoms with E-state index >= 15 is 0 Å². The molecule has 2 aromatic rings. The monoisotopic (exact) mass is 607 g/mol. The standard InChI is InChI=1S/C30H50N5O4PS/c1-26(22-35-24-34-28-29(31)32-23-33-30(28)35)38-25-40(36,37)39-19-21-41-20-15-10-8-6-4-2-3-5-7-9-12-16-27-17-13-11-14-18-27/h23-24,26-27H,2-11,13-15,17-22,25H2,1H3,(H,36,37)(H2,31,32,33)/t26-/m1/s1. The number of fused-ring (bicyclic) bond motifs is 1. The Kier molecular flexibility index (Phi) is 16.1. The quantitative estimate of drug-likeness (QED) is 0.0913. The minimum Gasteiger partial charge on any atom is -0.382 e. The van der Waals surface area contributed by atoms with Gasteiger partial charge in [-0.1, -0.05) is 70.1 Å². The van der Waals surface area contributed by atoms with Crippen molar-refractivity contribution in [3.63, 3.8) is 0 Å². The van der Waals surface area contributed by atoms with Crippen molar-refractivity contribution in [2.45, 2.75) is 116 Å². The van der Waals surface area contributed by atoms with Crippen molar-refractivity contribution in [2.75, 3.05) is 30.2 Å². The second-order valence-corrected chi connectivity index (χ2v) is 14.1. The van der Waals surface area contributed by atoms with Crippen LogP contribution in [0.4, 0.5) is 5.82 Å². The third kappa shape index (κ3) is 13.9. The third-order valence-electron chi connectivity index (χ3n) is 7.43. The first-order chi connectivity index (χ1) is 19.9. The summed E-state index contributed by atoms with van der Waals surface area (Å²) in [5, 5.41) is 0. The van der Waals surface area contributed by atoms with Crippen LogP contribution in [0.3, 0.4) is 0 Å². The molecule has 0 radical (unpaired) electrons. The molecule has 1 aliphatic carbocycles.